The van der Waals surface area contributed by atoms with Gasteiger partial charge in [-0.3, -0.25) is 0 Å². The maximum atomic E-state index is 9.96. The van der Waals surface area contributed by atoms with Gasteiger partial charge in [-0.25, -0.2) is 0 Å². The molecule has 5 N–H and O–H groups in total. The summed E-state index contributed by atoms with van der Waals surface area (Å²) in [5.74, 6) is 0. The van der Waals surface area contributed by atoms with Gasteiger partial charge in [0.1, 0.15) is 12.5 Å². The summed E-state index contributed by atoms with van der Waals surface area (Å²) in [7, 11) is 0. The molecule has 0 aliphatic heterocycles. The highest BCUT2D eigenvalue weighted by Crippen LogP contribution is 1.97. The van der Waals surface area contributed by atoms with Crippen LogP contribution < -0.4 is 11.5 Å². The first-order valence-corrected chi connectivity index (χ1v) is 3.31. The lowest BCUT2D eigenvalue weighted by Gasteiger charge is -2.04. The monoisotopic (exact) mass is 146 g/mol. The van der Waals surface area contributed by atoms with E-state index in [0.717, 1.165) is 0 Å². The van der Waals surface area contributed by atoms with Crippen LogP contribution in [-0.4, -0.2) is 23.7 Å². The molecular weight excluding hydrogens is 132 g/mol. The molecule has 0 saturated carbocycles. The van der Waals surface area contributed by atoms with Crippen LogP contribution in [0.5, 0.6) is 0 Å². The molecule has 0 aromatic heterocycles. The van der Waals surface area contributed by atoms with Crippen molar-refractivity contribution in [1.29, 1.82) is 0 Å². The van der Waals surface area contributed by atoms with Crippen molar-refractivity contribution >= 4 is 6.29 Å². The Kier molecular flexibility index (Phi) is 5.10. The van der Waals surface area contributed by atoms with E-state index in [2.05, 4.69) is 0 Å². The summed E-state index contributed by atoms with van der Waals surface area (Å²) >= 11 is 0. The number of hydrogen-bond donors (Lipinski definition) is 3. The fourth-order valence-electron chi connectivity index (χ4n) is 0.631. The van der Waals surface area contributed by atoms with Gasteiger partial charge in [0.25, 0.3) is 0 Å². The van der Waals surface area contributed by atoms with E-state index in [1.54, 1.807) is 0 Å². The maximum absolute atomic E-state index is 9.96. The lowest BCUT2D eigenvalue weighted by atomic mass is 10.1. The zero-order valence-electron chi connectivity index (χ0n) is 5.86. The van der Waals surface area contributed by atoms with E-state index in [1.165, 1.54) is 0 Å². The molecule has 0 aromatic carbocycles. The van der Waals surface area contributed by atoms with Crippen molar-refractivity contribution in [2.45, 2.75) is 31.5 Å². The van der Waals surface area contributed by atoms with Gasteiger partial charge in [0.2, 0.25) is 0 Å². The molecule has 4 nitrogen and oxygen atoms in total. The van der Waals surface area contributed by atoms with Crippen LogP contribution in [-0.2, 0) is 4.79 Å². The Bertz CT molecular complexity index is 95.7. The summed E-state index contributed by atoms with van der Waals surface area (Å²) < 4.78 is 0. The molecule has 0 radical (unpaired) electrons. The average Bonchev–Trinajstić information content (AvgIpc) is 1.87. The normalized spacial score (nSPS) is 16.3. The maximum Gasteiger partial charge on any atom is 0.136 e. The fraction of sp³-hybridized carbons (Fsp3) is 0.833. The molecule has 0 heterocycles. The van der Waals surface area contributed by atoms with Crippen LogP contribution in [0.4, 0.5) is 0 Å². The van der Waals surface area contributed by atoms with Gasteiger partial charge >= 0.3 is 0 Å². The summed E-state index contributed by atoms with van der Waals surface area (Å²) in [6.07, 6.45) is 1.71. The Morgan fingerprint density at radius 1 is 1.40 bits per heavy atom. The number of carbonyl (C=O) groups is 1. The van der Waals surface area contributed by atoms with Crippen LogP contribution in [0.15, 0.2) is 0 Å². The third kappa shape index (κ3) is 5.68. The van der Waals surface area contributed by atoms with E-state index >= 15 is 0 Å². The minimum atomic E-state index is -0.779. The fourth-order valence-corrected chi connectivity index (χ4v) is 0.631. The van der Waals surface area contributed by atoms with Gasteiger partial charge in [-0.05, 0) is 19.3 Å². The standard InChI is InChI=1S/C6H14N2O2/c7-5(4-9)2-1-3-6(8)10/h4-6,10H,1-3,7-8H2/t5-,6?/m0/s1. The molecule has 0 amide bonds. The van der Waals surface area contributed by atoms with Crippen LogP contribution in [0.2, 0.25) is 0 Å². The van der Waals surface area contributed by atoms with Crippen molar-refractivity contribution < 1.29 is 9.90 Å². The molecule has 2 atom stereocenters. The first-order valence-electron chi connectivity index (χ1n) is 3.31. The Morgan fingerprint density at radius 2 is 2.00 bits per heavy atom. The zero-order chi connectivity index (χ0) is 7.98. The molecule has 0 aliphatic rings. The minimum Gasteiger partial charge on any atom is -0.379 e. The van der Waals surface area contributed by atoms with Gasteiger partial charge in [-0.1, -0.05) is 0 Å². The highest BCUT2D eigenvalue weighted by molar-refractivity contribution is 5.56. The highest BCUT2D eigenvalue weighted by atomic mass is 16.3. The van der Waals surface area contributed by atoms with Gasteiger partial charge in [0.15, 0.2) is 0 Å². The van der Waals surface area contributed by atoms with Gasteiger partial charge in [-0.2, -0.15) is 0 Å². The summed E-state index contributed by atoms with van der Waals surface area (Å²) in [5.41, 5.74) is 10.3. The molecule has 1 unspecified atom stereocenters. The van der Waals surface area contributed by atoms with E-state index in [9.17, 15) is 4.79 Å². The predicted molar refractivity (Wildman–Crippen MR) is 38.1 cm³/mol. The molecule has 0 aromatic rings. The summed E-state index contributed by atoms with van der Waals surface area (Å²) in [6, 6.07) is -0.404. The van der Waals surface area contributed by atoms with Gasteiger partial charge in [0.05, 0.1) is 6.04 Å². The molecule has 0 bridgehead atoms. The Morgan fingerprint density at radius 3 is 2.40 bits per heavy atom. The van der Waals surface area contributed by atoms with E-state index in [4.69, 9.17) is 16.6 Å². The number of carbonyl (C=O) groups excluding carboxylic acids is 1. The van der Waals surface area contributed by atoms with Gasteiger partial charge in [-0.15, -0.1) is 0 Å². The predicted octanol–water partition coefficient (Wildman–Crippen LogP) is -1.04. The van der Waals surface area contributed by atoms with Crippen molar-refractivity contribution in [2.75, 3.05) is 0 Å². The van der Waals surface area contributed by atoms with Crippen molar-refractivity contribution in [3.05, 3.63) is 0 Å². The largest absolute Gasteiger partial charge is 0.379 e. The molecule has 0 fully saturated rings. The lowest BCUT2D eigenvalue weighted by molar-refractivity contribution is -0.109. The summed E-state index contributed by atoms with van der Waals surface area (Å²) in [4.78, 5) is 9.96. The first-order chi connectivity index (χ1) is 4.66. The molecule has 0 rings (SSSR count). The third-order valence-electron chi connectivity index (χ3n) is 1.21. The van der Waals surface area contributed by atoms with E-state index in [-0.39, 0.29) is 0 Å². The SMILES string of the molecule is NC(O)CCC[C@H](N)C=O. The number of aliphatic hydroxyl groups excluding tert-OH is 1. The van der Waals surface area contributed by atoms with Crippen LogP contribution >= 0.6 is 0 Å². The second-order valence-electron chi connectivity index (χ2n) is 2.30. The molecule has 10 heavy (non-hydrogen) atoms. The molecule has 4 heteroatoms. The smallest absolute Gasteiger partial charge is 0.136 e. The molecular formula is C6H14N2O2. The van der Waals surface area contributed by atoms with Crippen molar-refractivity contribution in [2.24, 2.45) is 11.5 Å². The summed E-state index contributed by atoms with van der Waals surface area (Å²) in [6.45, 7) is 0. The first kappa shape index (κ1) is 9.55. The Labute approximate surface area is 60.2 Å². The highest BCUT2D eigenvalue weighted by Gasteiger charge is 2.00. The zero-order valence-corrected chi connectivity index (χ0v) is 5.86. The average molecular weight is 146 g/mol. The van der Waals surface area contributed by atoms with Crippen LogP contribution in [0.1, 0.15) is 19.3 Å². The molecule has 0 saturated heterocycles. The molecule has 0 aliphatic carbocycles. The van der Waals surface area contributed by atoms with Crippen molar-refractivity contribution in [3.8, 4) is 0 Å². The molecule has 0 spiro atoms. The number of nitrogens with two attached hydrogens (primary N) is 2. The summed E-state index contributed by atoms with van der Waals surface area (Å²) in [5, 5.41) is 8.59. The van der Waals surface area contributed by atoms with Crippen molar-refractivity contribution in [1.82, 2.24) is 0 Å². The molecule has 60 valence electrons. The third-order valence-corrected chi connectivity index (χ3v) is 1.21. The lowest BCUT2D eigenvalue weighted by Crippen LogP contribution is -2.23. The van der Waals surface area contributed by atoms with Crippen molar-refractivity contribution in [3.63, 3.8) is 0 Å². The van der Waals surface area contributed by atoms with Crippen LogP contribution in [0.25, 0.3) is 0 Å². The Hall–Kier alpha value is -0.450. The minimum absolute atomic E-state index is 0.404. The van der Waals surface area contributed by atoms with E-state index in [1.807, 2.05) is 0 Å². The number of rotatable bonds is 5. The van der Waals surface area contributed by atoms with E-state index < -0.39 is 12.3 Å². The number of aldehydes is 1. The van der Waals surface area contributed by atoms with Gasteiger partial charge in [0, 0.05) is 0 Å². The van der Waals surface area contributed by atoms with E-state index in [0.29, 0.717) is 25.5 Å². The van der Waals surface area contributed by atoms with Crippen LogP contribution in [0, 0.1) is 0 Å². The topological polar surface area (TPSA) is 89.3 Å². The number of aliphatic hydroxyl groups is 1. The number of hydrogen-bond acceptors (Lipinski definition) is 4. The van der Waals surface area contributed by atoms with Crippen LogP contribution in [0.3, 0.4) is 0 Å². The Balaban J connectivity index is 3.11. The second-order valence-corrected chi connectivity index (χ2v) is 2.30. The van der Waals surface area contributed by atoms with Gasteiger partial charge < -0.3 is 21.4 Å². The quantitative estimate of drug-likeness (QED) is 0.341. The second kappa shape index (κ2) is 5.34.